The fourth-order valence-electron chi connectivity index (χ4n) is 4.68. The van der Waals surface area contributed by atoms with Gasteiger partial charge in [-0.1, -0.05) is 48.5 Å². The molecule has 1 aliphatic rings. The predicted molar refractivity (Wildman–Crippen MR) is 128 cm³/mol. The molecule has 0 saturated carbocycles. The summed E-state index contributed by atoms with van der Waals surface area (Å²) in [4.78, 5) is 16.8. The molecule has 32 heavy (non-hydrogen) atoms. The molecule has 0 spiro atoms. The number of rotatable bonds is 6. The summed E-state index contributed by atoms with van der Waals surface area (Å²) in [6, 6.07) is 23.5. The van der Waals surface area contributed by atoms with E-state index in [-0.39, 0.29) is 11.7 Å². The number of benzene rings is 3. The summed E-state index contributed by atoms with van der Waals surface area (Å²) in [7, 11) is 0. The average molecular weight is 431 g/mol. The topological polar surface area (TPSA) is 23.6 Å². The van der Waals surface area contributed by atoms with Crippen LogP contribution in [0.5, 0.6) is 0 Å². The van der Waals surface area contributed by atoms with Crippen molar-refractivity contribution in [3.63, 3.8) is 0 Å². The van der Waals surface area contributed by atoms with Crippen molar-refractivity contribution in [1.82, 2.24) is 4.90 Å². The van der Waals surface area contributed by atoms with E-state index >= 15 is 0 Å². The number of hydrogen-bond acceptors (Lipinski definition) is 2. The van der Waals surface area contributed by atoms with E-state index in [0.717, 1.165) is 49.3 Å². The lowest BCUT2D eigenvalue weighted by Crippen LogP contribution is -2.33. The van der Waals surface area contributed by atoms with Gasteiger partial charge in [-0.15, -0.1) is 0 Å². The standard InChI is InChI=1S/C28H31FN2O/c1-21-6-5-8-27(18-21)31(22(2)32)20-25-7-3-4-9-28(25)24-14-16-30(17-15-24)19-23-10-12-26(29)13-11-23/h3-13,18,24H,14-17,19-20H2,1-2H3. The van der Waals surface area contributed by atoms with Gasteiger partial charge in [-0.05, 0) is 85.3 Å². The molecular formula is C28H31FN2O. The first kappa shape index (κ1) is 22.2. The van der Waals surface area contributed by atoms with E-state index < -0.39 is 0 Å². The van der Waals surface area contributed by atoms with Gasteiger partial charge in [0.25, 0.3) is 0 Å². The van der Waals surface area contributed by atoms with Gasteiger partial charge in [0.2, 0.25) is 5.91 Å². The maximum absolute atomic E-state index is 13.2. The van der Waals surface area contributed by atoms with Crippen LogP contribution in [0.3, 0.4) is 0 Å². The first-order valence-electron chi connectivity index (χ1n) is 11.4. The number of amides is 1. The van der Waals surface area contributed by atoms with E-state index in [4.69, 9.17) is 0 Å². The molecule has 3 aromatic carbocycles. The smallest absolute Gasteiger partial charge is 0.224 e. The highest BCUT2D eigenvalue weighted by molar-refractivity contribution is 5.91. The minimum absolute atomic E-state index is 0.0551. The first-order valence-corrected chi connectivity index (χ1v) is 11.4. The fraction of sp³-hybridized carbons (Fsp3) is 0.321. The monoisotopic (exact) mass is 430 g/mol. The Labute approximate surface area is 190 Å². The van der Waals surface area contributed by atoms with Crippen molar-refractivity contribution >= 4 is 11.6 Å². The van der Waals surface area contributed by atoms with Crippen molar-refractivity contribution in [3.05, 3.63) is 101 Å². The zero-order chi connectivity index (χ0) is 22.5. The SMILES string of the molecule is CC(=O)N(Cc1ccccc1C1CCN(Cc2ccc(F)cc2)CC1)c1cccc(C)c1. The van der Waals surface area contributed by atoms with Gasteiger partial charge in [0.1, 0.15) is 5.82 Å². The molecule has 0 unspecified atom stereocenters. The number of carbonyl (C=O) groups excluding carboxylic acids is 1. The fourth-order valence-corrected chi connectivity index (χ4v) is 4.68. The Kier molecular flexibility index (Phi) is 7.01. The molecule has 3 nitrogen and oxygen atoms in total. The van der Waals surface area contributed by atoms with Crippen molar-refractivity contribution in [2.45, 2.75) is 45.7 Å². The summed E-state index contributed by atoms with van der Waals surface area (Å²) in [5.41, 5.74) is 5.83. The molecule has 0 aliphatic carbocycles. The average Bonchev–Trinajstić information content (AvgIpc) is 2.79. The third-order valence-electron chi connectivity index (χ3n) is 6.42. The lowest BCUT2D eigenvalue weighted by Gasteiger charge is -2.33. The van der Waals surface area contributed by atoms with Gasteiger partial charge in [0.15, 0.2) is 0 Å². The number of carbonyl (C=O) groups is 1. The Hall–Kier alpha value is -2.98. The molecule has 1 aliphatic heterocycles. The largest absolute Gasteiger partial charge is 0.308 e. The molecule has 0 radical (unpaired) electrons. The highest BCUT2D eigenvalue weighted by atomic mass is 19.1. The highest BCUT2D eigenvalue weighted by Crippen LogP contribution is 2.32. The number of piperidine rings is 1. The molecule has 1 heterocycles. The van der Waals surface area contributed by atoms with E-state index in [1.165, 1.54) is 23.3 Å². The lowest BCUT2D eigenvalue weighted by atomic mass is 9.86. The maximum atomic E-state index is 13.2. The van der Waals surface area contributed by atoms with E-state index in [1.807, 2.05) is 29.2 Å². The molecule has 4 rings (SSSR count). The summed E-state index contributed by atoms with van der Waals surface area (Å²) in [5, 5.41) is 0. The van der Waals surface area contributed by atoms with Crippen LogP contribution in [-0.4, -0.2) is 23.9 Å². The van der Waals surface area contributed by atoms with Crippen LogP contribution in [0.1, 0.15) is 47.9 Å². The summed E-state index contributed by atoms with van der Waals surface area (Å²) < 4.78 is 13.2. The van der Waals surface area contributed by atoms with Crippen molar-refractivity contribution in [3.8, 4) is 0 Å². The van der Waals surface area contributed by atoms with Crippen molar-refractivity contribution in [1.29, 1.82) is 0 Å². The van der Waals surface area contributed by atoms with E-state index in [1.54, 1.807) is 6.92 Å². The highest BCUT2D eigenvalue weighted by Gasteiger charge is 2.24. The Morgan fingerprint density at radius 2 is 1.72 bits per heavy atom. The molecule has 1 saturated heterocycles. The Morgan fingerprint density at radius 3 is 2.41 bits per heavy atom. The summed E-state index contributed by atoms with van der Waals surface area (Å²) >= 11 is 0. The van der Waals surface area contributed by atoms with Crippen molar-refractivity contribution < 1.29 is 9.18 Å². The minimum Gasteiger partial charge on any atom is -0.308 e. The second kappa shape index (κ2) is 10.1. The van der Waals surface area contributed by atoms with Gasteiger partial charge >= 0.3 is 0 Å². The molecule has 0 N–H and O–H groups in total. The number of anilines is 1. The van der Waals surface area contributed by atoms with E-state index in [9.17, 15) is 9.18 Å². The van der Waals surface area contributed by atoms with Gasteiger partial charge < -0.3 is 4.90 Å². The van der Waals surface area contributed by atoms with Crippen LogP contribution in [0.4, 0.5) is 10.1 Å². The molecular weight excluding hydrogens is 399 g/mol. The third kappa shape index (κ3) is 5.43. The second-order valence-corrected chi connectivity index (χ2v) is 8.82. The van der Waals surface area contributed by atoms with Gasteiger partial charge in [-0.3, -0.25) is 9.69 Å². The quantitative estimate of drug-likeness (QED) is 0.474. The molecule has 0 bridgehead atoms. The first-order chi connectivity index (χ1) is 15.5. The third-order valence-corrected chi connectivity index (χ3v) is 6.42. The number of nitrogens with zero attached hydrogens (tertiary/aromatic N) is 2. The molecule has 166 valence electrons. The number of aryl methyl sites for hydroxylation is 1. The van der Waals surface area contributed by atoms with Crippen LogP contribution in [0.25, 0.3) is 0 Å². The van der Waals surface area contributed by atoms with E-state index in [2.05, 4.69) is 48.2 Å². The van der Waals surface area contributed by atoms with Crippen LogP contribution in [0.15, 0.2) is 72.8 Å². The minimum atomic E-state index is -0.186. The molecule has 0 atom stereocenters. The van der Waals surface area contributed by atoms with Gasteiger partial charge in [-0.2, -0.15) is 0 Å². The zero-order valence-electron chi connectivity index (χ0n) is 18.9. The van der Waals surface area contributed by atoms with Crippen LogP contribution in [0, 0.1) is 12.7 Å². The molecule has 1 amide bonds. The van der Waals surface area contributed by atoms with Gasteiger partial charge in [0, 0.05) is 19.2 Å². The maximum Gasteiger partial charge on any atom is 0.224 e. The van der Waals surface area contributed by atoms with Crippen LogP contribution in [0.2, 0.25) is 0 Å². The summed E-state index contributed by atoms with van der Waals surface area (Å²) in [6.07, 6.45) is 2.17. The molecule has 0 aromatic heterocycles. The van der Waals surface area contributed by atoms with Crippen LogP contribution < -0.4 is 4.90 Å². The number of hydrogen-bond donors (Lipinski definition) is 0. The lowest BCUT2D eigenvalue weighted by molar-refractivity contribution is -0.116. The summed E-state index contributed by atoms with van der Waals surface area (Å²) in [5.74, 6) is 0.357. The zero-order valence-corrected chi connectivity index (χ0v) is 18.9. The molecule has 3 aromatic rings. The normalized spacial score (nSPS) is 15.0. The van der Waals surface area contributed by atoms with Gasteiger partial charge in [0.05, 0.1) is 6.54 Å². The Balaban J connectivity index is 1.45. The molecule has 1 fully saturated rings. The Bertz CT molecular complexity index is 1060. The van der Waals surface area contributed by atoms with Crippen molar-refractivity contribution in [2.75, 3.05) is 18.0 Å². The molecule has 4 heteroatoms. The second-order valence-electron chi connectivity index (χ2n) is 8.82. The predicted octanol–water partition coefficient (Wildman–Crippen LogP) is 6.07. The van der Waals surface area contributed by atoms with E-state index in [0.29, 0.717) is 12.5 Å². The number of halogens is 1. The van der Waals surface area contributed by atoms with Crippen LogP contribution >= 0.6 is 0 Å². The van der Waals surface area contributed by atoms with Gasteiger partial charge in [-0.25, -0.2) is 4.39 Å². The van der Waals surface area contributed by atoms with Crippen LogP contribution in [-0.2, 0) is 17.9 Å². The number of likely N-dealkylation sites (tertiary alicyclic amines) is 1. The van der Waals surface area contributed by atoms with Crippen molar-refractivity contribution in [2.24, 2.45) is 0 Å². The summed E-state index contributed by atoms with van der Waals surface area (Å²) in [6.45, 7) is 7.18. The Morgan fingerprint density at radius 1 is 1.00 bits per heavy atom.